The van der Waals surface area contributed by atoms with Gasteiger partial charge in [-0.3, -0.25) is 10.1 Å². The second kappa shape index (κ2) is 4.61. The minimum Gasteiger partial charge on any atom is -0.388 e. The second-order valence-electron chi connectivity index (χ2n) is 2.34. The van der Waals surface area contributed by atoms with E-state index in [0.717, 1.165) is 12.0 Å². The van der Waals surface area contributed by atoms with Gasteiger partial charge in [-0.25, -0.2) is 4.79 Å². The van der Waals surface area contributed by atoms with Crippen LogP contribution in [0.1, 0.15) is 10.4 Å². The molecule has 0 N–H and O–H groups in total. The van der Waals surface area contributed by atoms with Crippen LogP contribution in [0.25, 0.3) is 0 Å². The van der Waals surface area contributed by atoms with Crippen molar-refractivity contribution in [3.63, 3.8) is 0 Å². The van der Waals surface area contributed by atoms with Crippen LogP contribution in [0, 0.1) is 10.1 Å². The largest absolute Gasteiger partial charge is 0.388 e. The highest BCUT2D eigenvalue weighted by Gasteiger charge is 2.09. The fourth-order valence-corrected chi connectivity index (χ4v) is 1.09. The third-order valence-corrected chi connectivity index (χ3v) is 1.79. The number of nitro groups is 1. The number of rotatable bonds is 3. The SMILES string of the molecule is CSOC(=O)c1ccc([N+](=O)[O-])cc1. The average molecular weight is 213 g/mol. The molecule has 0 heterocycles. The van der Waals surface area contributed by atoms with Crippen LogP contribution in [-0.2, 0) is 4.18 Å². The molecule has 6 heteroatoms. The molecule has 74 valence electrons. The van der Waals surface area contributed by atoms with E-state index in [1.54, 1.807) is 6.26 Å². The van der Waals surface area contributed by atoms with E-state index in [1.807, 2.05) is 0 Å². The number of carbonyl (C=O) groups is 1. The van der Waals surface area contributed by atoms with Gasteiger partial charge in [0.05, 0.1) is 22.5 Å². The molecule has 0 saturated heterocycles. The predicted molar refractivity (Wildman–Crippen MR) is 52.0 cm³/mol. The molecule has 1 rings (SSSR count). The van der Waals surface area contributed by atoms with Crippen molar-refractivity contribution in [1.29, 1.82) is 0 Å². The van der Waals surface area contributed by atoms with Crippen LogP contribution in [0.2, 0.25) is 0 Å². The highest BCUT2D eigenvalue weighted by molar-refractivity contribution is 7.94. The smallest absolute Gasteiger partial charge is 0.350 e. The van der Waals surface area contributed by atoms with Gasteiger partial charge in [0.1, 0.15) is 0 Å². The summed E-state index contributed by atoms with van der Waals surface area (Å²) in [5, 5.41) is 10.3. The first-order valence-electron chi connectivity index (χ1n) is 3.64. The Kier molecular flexibility index (Phi) is 3.47. The molecular formula is C8H7NO4S. The average Bonchev–Trinajstić information content (AvgIpc) is 2.18. The van der Waals surface area contributed by atoms with E-state index in [0.29, 0.717) is 5.56 Å². The summed E-state index contributed by atoms with van der Waals surface area (Å²) in [5.74, 6) is -0.507. The van der Waals surface area contributed by atoms with Gasteiger partial charge in [-0.1, -0.05) is 0 Å². The monoisotopic (exact) mass is 213 g/mol. The van der Waals surface area contributed by atoms with E-state index in [2.05, 4.69) is 4.18 Å². The molecule has 0 aliphatic carbocycles. The van der Waals surface area contributed by atoms with E-state index in [-0.39, 0.29) is 5.69 Å². The summed E-state index contributed by atoms with van der Waals surface area (Å²) in [6.45, 7) is 0. The van der Waals surface area contributed by atoms with Crippen LogP contribution in [0.5, 0.6) is 0 Å². The lowest BCUT2D eigenvalue weighted by Crippen LogP contribution is -1.99. The number of nitrogens with zero attached hydrogens (tertiary/aromatic N) is 1. The molecule has 14 heavy (non-hydrogen) atoms. The number of benzene rings is 1. The van der Waals surface area contributed by atoms with Crippen molar-refractivity contribution in [3.05, 3.63) is 39.9 Å². The zero-order valence-corrected chi connectivity index (χ0v) is 8.11. The van der Waals surface area contributed by atoms with Crippen molar-refractivity contribution in [2.75, 3.05) is 6.26 Å². The molecule has 0 bridgehead atoms. The van der Waals surface area contributed by atoms with Gasteiger partial charge < -0.3 is 4.18 Å². The molecule has 0 aliphatic rings. The van der Waals surface area contributed by atoms with E-state index in [1.165, 1.54) is 24.3 Å². The van der Waals surface area contributed by atoms with E-state index in [9.17, 15) is 14.9 Å². The highest BCUT2D eigenvalue weighted by atomic mass is 32.2. The minimum atomic E-state index is -0.524. The van der Waals surface area contributed by atoms with Crippen molar-refractivity contribution >= 4 is 23.7 Å². The van der Waals surface area contributed by atoms with Gasteiger partial charge >= 0.3 is 5.97 Å². The minimum absolute atomic E-state index is 0.0503. The Balaban J connectivity index is 2.83. The maximum absolute atomic E-state index is 11.1. The van der Waals surface area contributed by atoms with E-state index < -0.39 is 10.9 Å². The van der Waals surface area contributed by atoms with Gasteiger partial charge in [-0.05, 0) is 12.1 Å². The summed E-state index contributed by atoms with van der Waals surface area (Å²) in [5.41, 5.74) is 0.246. The zero-order chi connectivity index (χ0) is 10.6. The quantitative estimate of drug-likeness (QED) is 0.436. The maximum Gasteiger partial charge on any atom is 0.350 e. The first-order chi connectivity index (χ1) is 6.65. The predicted octanol–water partition coefficient (Wildman–Crippen LogP) is 2.03. The lowest BCUT2D eigenvalue weighted by atomic mass is 10.2. The normalized spacial score (nSPS) is 9.50. The van der Waals surface area contributed by atoms with Gasteiger partial charge in [0.25, 0.3) is 5.69 Å². The Morgan fingerprint density at radius 2 is 2.00 bits per heavy atom. The lowest BCUT2D eigenvalue weighted by Gasteiger charge is -1.98. The van der Waals surface area contributed by atoms with Crippen LogP contribution in [0.4, 0.5) is 5.69 Å². The van der Waals surface area contributed by atoms with Crippen LogP contribution < -0.4 is 0 Å². The summed E-state index contributed by atoms with van der Waals surface area (Å²) in [6, 6.07) is 5.24. The van der Waals surface area contributed by atoms with Gasteiger partial charge in [0, 0.05) is 18.4 Å². The molecule has 1 aromatic rings. The number of hydrogen-bond acceptors (Lipinski definition) is 5. The van der Waals surface area contributed by atoms with Crippen LogP contribution in [0.3, 0.4) is 0 Å². The topological polar surface area (TPSA) is 69.4 Å². The Hall–Kier alpha value is -1.56. The van der Waals surface area contributed by atoms with Gasteiger partial charge in [0.15, 0.2) is 0 Å². The first kappa shape index (κ1) is 10.5. The van der Waals surface area contributed by atoms with Crippen molar-refractivity contribution in [1.82, 2.24) is 0 Å². The van der Waals surface area contributed by atoms with Crippen molar-refractivity contribution < 1.29 is 13.9 Å². The van der Waals surface area contributed by atoms with Crippen LogP contribution >= 0.6 is 12.0 Å². The molecular weight excluding hydrogens is 206 g/mol. The number of non-ortho nitro benzene ring substituents is 1. The molecule has 0 spiro atoms. The van der Waals surface area contributed by atoms with Crippen molar-refractivity contribution in [3.8, 4) is 0 Å². The molecule has 5 nitrogen and oxygen atoms in total. The second-order valence-corrected chi connectivity index (χ2v) is 2.84. The van der Waals surface area contributed by atoms with Crippen LogP contribution in [0.15, 0.2) is 24.3 Å². The molecule has 0 atom stereocenters. The van der Waals surface area contributed by atoms with Crippen LogP contribution in [-0.4, -0.2) is 17.1 Å². The first-order valence-corrected chi connectivity index (χ1v) is 4.79. The zero-order valence-electron chi connectivity index (χ0n) is 7.30. The van der Waals surface area contributed by atoms with E-state index >= 15 is 0 Å². The Morgan fingerprint density at radius 3 is 2.43 bits per heavy atom. The summed E-state index contributed by atoms with van der Waals surface area (Å²) in [6.07, 6.45) is 1.61. The third-order valence-electron chi connectivity index (χ3n) is 1.47. The fraction of sp³-hybridized carbons (Fsp3) is 0.125. The highest BCUT2D eigenvalue weighted by Crippen LogP contribution is 2.13. The van der Waals surface area contributed by atoms with Crippen molar-refractivity contribution in [2.45, 2.75) is 0 Å². The van der Waals surface area contributed by atoms with Gasteiger partial charge in [-0.15, -0.1) is 0 Å². The Bertz CT molecular complexity index is 349. The summed E-state index contributed by atoms with van der Waals surface area (Å²) in [7, 11) is 0. The summed E-state index contributed by atoms with van der Waals surface area (Å²) < 4.78 is 4.64. The Morgan fingerprint density at radius 1 is 1.43 bits per heavy atom. The van der Waals surface area contributed by atoms with Gasteiger partial charge in [-0.2, -0.15) is 0 Å². The molecule has 0 unspecified atom stereocenters. The molecule has 0 aromatic heterocycles. The number of carbonyl (C=O) groups excluding carboxylic acids is 1. The number of hydrogen-bond donors (Lipinski definition) is 0. The molecule has 0 aliphatic heterocycles. The van der Waals surface area contributed by atoms with Gasteiger partial charge in [0.2, 0.25) is 0 Å². The third kappa shape index (κ3) is 2.46. The molecule has 1 aromatic carbocycles. The lowest BCUT2D eigenvalue weighted by molar-refractivity contribution is -0.384. The van der Waals surface area contributed by atoms with E-state index in [4.69, 9.17) is 0 Å². The van der Waals surface area contributed by atoms with Crippen molar-refractivity contribution in [2.24, 2.45) is 0 Å². The Labute approximate surface area is 84.4 Å². The standard InChI is InChI=1S/C8H7NO4S/c1-14-13-8(10)6-2-4-7(5-3-6)9(11)12/h2-5H,1H3. The molecule has 0 radical (unpaired) electrons. The maximum atomic E-state index is 11.1. The molecule has 0 fully saturated rings. The molecule has 0 saturated carbocycles. The summed E-state index contributed by atoms with van der Waals surface area (Å²) in [4.78, 5) is 20.9. The summed E-state index contributed by atoms with van der Waals surface area (Å²) >= 11 is 0.932. The fourth-order valence-electron chi connectivity index (χ4n) is 0.843. The molecule has 0 amide bonds. The number of nitro benzene ring substituents is 1.